The average Bonchev–Trinajstić information content (AvgIpc) is 2.75. The van der Waals surface area contributed by atoms with E-state index in [-0.39, 0.29) is 0 Å². The normalized spacial score (nSPS) is 12.6. The van der Waals surface area contributed by atoms with Crippen LogP contribution in [0.5, 0.6) is 0 Å². The van der Waals surface area contributed by atoms with E-state index in [9.17, 15) is 4.79 Å². The molecule has 1 aromatic rings. The maximum atomic E-state index is 10.9. The van der Waals surface area contributed by atoms with Gasteiger partial charge in [-0.15, -0.1) is 0 Å². The lowest BCUT2D eigenvalue weighted by Crippen LogP contribution is -2.36. The van der Waals surface area contributed by atoms with Gasteiger partial charge in [0.25, 0.3) is 0 Å². The molecule has 1 rings (SSSR count). The summed E-state index contributed by atoms with van der Waals surface area (Å²) >= 11 is 0. The van der Waals surface area contributed by atoms with Crippen molar-refractivity contribution in [1.29, 1.82) is 0 Å². The standard InChI is InChI=1S/C11H18N2O3/c12-6-2-1-5-10(11(14)15)13-8-9-4-3-7-16-9/h3-4,7,10,13H,1-2,5-6,8,12H2,(H,14,15). The fraction of sp³-hybridized carbons (Fsp3) is 0.545. The molecule has 0 aliphatic carbocycles. The van der Waals surface area contributed by atoms with Crippen molar-refractivity contribution in [2.75, 3.05) is 6.54 Å². The summed E-state index contributed by atoms with van der Waals surface area (Å²) in [5, 5.41) is 11.9. The van der Waals surface area contributed by atoms with E-state index in [4.69, 9.17) is 15.3 Å². The number of nitrogens with one attached hydrogen (secondary N) is 1. The number of hydrogen-bond acceptors (Lipinski definition) is 4. The number of aliphatic carboxylic acids is 1. The van der Waals surface area contributed by atoms with Gasteiger partial charge in [0.15, 0.2) is 0 Å². The monoisotopic (exact) mass is 226 g/mol. The fourth-order valence-electron chi connectivity index (χ4n) is 1.44. The van der Waals surface area contributed by atoms with Gasteiger partial charge in [0.05, 0.1) is 12.8 Å². The Morgan fingerprint density at radius 3 is 2.94 bits per heavy atom. The molecule has 0 aliphatic heterocycles. The molecule has 0 aliphatic rings. The molecular formula is C11H18N2O3. The molecule has 1 unspecified atom stereocenters. The largest absolute Gasteiger partial charge is 0.480 e. The number of carbonyl (C=O) groups is 1. The SMILES string of the molecule is NCCCCC(NCc1ccco1)C(=O)O. The van der Waals surface area contributed by atoms with Crippen LogP contribution in [0.15, 0.2) is 22.8 Å². The number of rotatable bonds is 8. The van der Waals surface area contributed by atoms with Gasteiger partial charge in [-0.3, -0.25) is 10.1 Å². The van der Waals surface area contributed by atoms with E-state index < -0.39 is 12.0 Å². The highest BCUT2D eigenvalue weighted by Crippen LogP contribution is 2.04. The fourth-order valence-corrected chi connectivity index (χ4v) is 1.44. The predicted molar refractivity (Wildman–Crippen MR) is 59.9 cm³/mol. The van der Waals surface area contributed by atoms with Crippen LogP contribution in [0.25, 0.3) is 0 Å². The van der Waals surface area contributed by atoms with Gasteiger partial charge in [0.1, 0.15) is 11.8 Å². The molecule has 1 aromatic heterocycles. The van der Waals surface area contributed by atoms with Gasteiger partial charge < -0.3 is 15.3 Å². The van der Waals surface area contributed by atoms with Gasteiger partial charge in [-0.25, -0.2) is 0 Å². The summed E-state index contributed by atoms with van der Waals surface area (Å²) in [6, 6.07) is 3.06. The molecule has 5 nitrogen and oxygen atoms in total. The van der Waals surface area contributed by atoms with Crippen LogP contribution < -0.4 is 11.1 Å². The van der Waals surface area contributed by atoms with Crippen LogP contribution >= 0.6 is 0 Å². The zero-order chi connectivity index (χ0) is 11.8. The Bertz CT molecular complexity index is 298. The predicted octanol–water partition coefficient (Wildman–Crippen LogP) is 0.951. The molecule has 0 fully saturated rings. The van der Waals surface area contributed by atoms with E-state index in [1.807, 2.05) is 6.07 Å². The van der Waals surface area contributed by atoms with Crippen LogP contribution in [0.1, 0.15) is 25.0 Å². The number of furan rings is 1. The maximum absolute atomic E-state index is 10.9. The first kappa shape index (κ1) is 12.7. The number of nitrogens with two attached hydrogens (primary N) is 1. The number of hydrogen-bond donors (Lipinski definition) is 3. The minimum absolute atomic E-state index is 0.437. The Hall–Kier alpha value is -1.33. The molecule has 1 atom stereocenters. The minimum Gasteiger partial charge on any atom is -0.480 e. The van der Waals surface area contributed by atoms with E-state index in [1.54, 1.807) is 12.3 Å². The Morgan fingerprint density at radius 2 is 2.38 bits per heavy atom. The Balaban J connectivity index is 2.30. The summed E-state index contributed by atoms with van der Waals surface area (Å²) in [5.74, 6) is -0.0892. The topological polar surface area (TPSA) is 88.5 Å². The summed E-state index contributed by atoms with van der Waals surface area (Å²) < 4.78 is 5.11. The van der Waals surface area contributed by atoms with E-state index in [2.05, 4.69) is 5.32 Å². The molecule has 1 heterocycles. The van der Waals surface area contributed by atoms with E-state index in [0.717, 1.165) is 18.6 Å². The lowest BCUT2D eigenvalue weighted by molar-refractivity contribution is -0.139. The molecule has 90 valence electrons. The molecule has 0 bridgehead atoms. The molecular weight excluding hydrogens is 208 g/mol. The van der Waals surface area contributed by atoms with E-state index in [1.165, 1.54) is 0 Å². The van der Waals surface area contributed by atoms with Crippen molar-refractivity contribution in [3.63, 3.8) is 0 Å². The van der Waals surface area contributed by atoms with Crippen LogP contribution in [-0.2, 0) is 11.3 Å². The molecule has 0 radical (unpaired) electrons. The van der Waals surface area contributed by atoms with E-state index >= 15 is 0 Å². The van der Waals surface area contributed by atoms with Crippen molar-refractivity contribution >= 4 is 5.97 Å². The smallest absolute Gasteiger partial charge is 0.320 e. The van der Waals surface area contributed by atoms with Crippen LogP contribution in [0.3, 0.4) is 0 Å². The molecule has 5 heteroatoms. The molecule has 0 spiro atoms. The minimum atomic E-state index is -0.830. The second-order valence-corrected chi connectivity index (χ2v) is 3.64. The van der Waals surface area contributed by atoms with Crippen molar-refractivity contribution in [3.05, 3.63) is 24.2 Å². The molecule has 0 aromatic carbocycles. The maximum Gasteiger partial charge on any atom is 0.320 e. The third-order valence-electron chi connectivity index (χ3n) is 2.35. The zero-order valence-corrected chi connectivity index (χ0v) is 9.19. The average molecular weight is 226 g/mol. The number of carboxylic acids is 1. The summed E-state index contributed by atoms with van der Waals surface area (Å²) in [5.41, 5.74) is 5.36. The molecule has 16 heavy (non-hydrogen) atoms. The van der Waals surface area contributed by atoms with E-state index in [0.29, 0.717) is 19.5 Å². The van der Waals surface area contributed by atoms with Gasteiger partial charge in [-0.2, -0.15) is 0 Å². The van der Waals surface area contributed by atoms with Crippen LogP contribution in [-0.4, -0.2) is 23.7 Å². The Morgan fingerprint density at radius 1 is 1.56 bits per heavy atom. The second kappa shape index (κ2) is 7.03. The van der Waals surface area contributed by atoms with Crippen LogP contribution in [0, 0.1) is 0 Å². The molecule has 4 N–H and O–H groups in total. The van der Waals surface area contributed by atoms with Crippen LogP contribution in [0.2, 0.25) is 0 Å². The first-order chi connectivity index (χ1) is 7.74. The highest BCUT2D eigenvalue weighted by atomic mass is 16.4. The van der Waals surface area contributed by atoms with Crippen molar-refractivity contribution < 1.29 is 14.3 Å². The van der Waals surface area contributed by atoms with Crippen molar-refractivity contribution in [1.82, 2.24) is 5.32 Å². The molecule has 0 amide bonds. The number of unbranched alkanes of at least 4 members (excludes halogenated alkanes) is 1. The second-order valence-electron chi connectivity index (χ2n) is 3.64. The van der Waals surface area contributed by atoms with Gasteiger partial charge in [-0.05, 0) is 31.5 Å². The highest BCUT2D eigenvalue weighted by molar-refractivity contribution is 5.73. The van der Waals surface area contributed by atoms with Gasteiger partial charge >= 0.3 is 5.97 Å². The third kappa shape index (κ3) is 4.46. The van der Waals surface area contributed by atoms with Crippen molar-refractivity contribution in [2.24, 2.45) is 5.73 Å². The lowest BCUT2D eigenvalue weighted by atomic mass is 10.1. The van der Waals surface area contributed by atoms with Gasteiger partial charge in [0.2, 0.25) is 0 Å². The lowest BCUT2D eigenvalue weighted by Gasteiger charge is -2.12. The van der Waals surface area contributed by atoms with Crippen molar-refractivity contribution in [2.45, 2.75) is 31.8 Å². The summed E-state index contributed by atoms with van der Waals surface area (Å²) in [6.07, 6.45) is 3.83. The first-order valence-electron chi connectivity index (χ1n) is 5.42. The first-order valence-corrected chi connectivity index (χ1v) is 5.42. The summed E-state index contributed by atoms with van der Waals surface area (Å²) in [7, 11) is 0. The molecule has 0 saturated heterocycles. The highest BCUT2D eigenvalue weighted by Gasteiger charge is 2.16. The third-order valence-corrected chi connectivity index (χ3v) is 2.35. The number of carboxylic acid groups (broad SMARTS) is 1. The summed E-state index contributed by atoms with van der Waals surface area (Å²) in [6.45, 7) is 1.04. The Kier molecular flexibility index (Phi) is 5.60. The Labute approximate surface area is 94.6 Å². The van der Waals surface area contributed by atoms with Gasteiger partial charge in [0, 0.05) is 0 Å². The summed E-state index contributed by atoms with van der Waals surface area (Å²) in [4.78, 5) is 10.9. The molecule has 0 saturated carbocycles. The van der Waals surface area contributed by atoms with Gasteiger partial charge in [-0.1, -0.05) is 6.42 Å². The van der Waals surface area contributed by atoms with Crippen molar-refractivity contribution in [3.8, 4) is 0 Å². The zero-order valence-electron chi connectivity index (χ0n) is 9.19. The quantitative estimate of drug-likeness (QED) is 0.574. The van der Waals surface area contributed by atoms with Crippen LogP contribution in [0.4, 0.5) is 0 Å².